The van der Waals surface area contributed by atoms with Crippen molar-refractivity contribution in [3.8, 4) is 5.75 Å². The fraction of sp³-hybridized carbons (Fsp3) is 0.647. The molecule has 0 aliphatic carbocycles. The highest BCUT2D eigenvalue weighted by molar-refractivity contribution is 5.32. The third kappa shape index (κ3) is 6.40. The van der Waals surface area contributed by atoms with Gasteiger partial charge in [-0.25, -0.2) is 0 Å². The molecule has 3 nitrogen and oxygen atoms in total. The lowest BCUT2D eigenvalue weighted by atomic mass is 9.87. The van der Waals surface area contributed by atoms with Gasteiger partial charge in [0, 0.05) is 6.54 Å². The molecule has 1 aromatic rings. The average molecular weight is 279 g/mol. The first kappa shape index (κ1) is 17.0. The number of rotatable bonds is 8. The van der Waals surface area contributed by atoms with E-state index in [9.17, 15) is 0 Å². The Bertz CT molecular complexity index is 385. The number of benzene rings is 1. The van der Waals surface area contributed by atoms with E-state index in [4.69, 9.17) is 9.84 Å². The van der Waals surface area contributed by atoms with Crippen LogP contribution in [0.15, 0.2) is 24.3 Å². The van der Waals surface area contributed by atoms with Gasteiger partial charge >= 0.3 is 0 Å². The molecule has 0 spiro atoms. The van der Waals surface area contributed by atoms with E-state index in [1.807, 2.05) is 13.1 Å². The second-order valence-electron chi connectivity index (χ2n) is 6.36. The van der Waals surface area contributed by atoms with Crippen molar-refractivity contribution >= 4 is 0 Å². The number of hydrogen-bond acceptors (Lipinski definition) is 3. The van der Waals surface area contributed by atoms with Crippen molar-refractivity contribution in [1.82, 2.24) is 4.90 Å². The minimum atomic E-state index is 0.159. The van der Waals surface area contributed by atoms with Gasteiger partial charge in [-0.1, -0.05) is 32.9 Å². The Morgan fingerprint density at radius 3 is 2.55 bits per heavy atom. The van der Waals surface area contributed by atoms with Gasteiger partial charge in [0.05, 0.1) is 13.2 Å². The van der Waals surface area contributed by atoms with Gasteiger partial charge in [-0.2, -0.15) is 0 Å². The zero-order valence-corrected chi connectivity index (χ0v) is 13.4. The molecule has 1 N–H and O–H groups in total. The van der Waals surface area contributed by atoms with Crippen molar-refractivity contribution in [2.45, 2.75) is 39.0 Å². The van der Waals surface area contributed by atoms with E-state index in [0.717, 1.165) is 38.3 Å². The van der Waals surface area contributed by atoms with Crippen molar-refractivity contribution in [3.63, 3.8) is 0 Å². The minimum Gasteiger partial charge on any atom is -0.494 e. The van der Waals surface area contributed by atoms with E-state index in [2.05, 4.69) is 43.9 Å². The predicted molar refractivity (Wildman–Crippen MR) is 84.5 cm³/mol. The van der Waals surface area contributed by atoms with Crippen LogP contribution in [0.5, 0.6) is 5.75 Å². The fourth-order valence-corrected chi connectivity index (χ4v) is 2.01. The van der Waals surface area contributed by atoms with Crippen LogP contribution < -0.4 is 4.74 Å². The van der Waals surface area contributed by atoms with Gasteiger partial charge < -0.3 is 14.7 Å². The number of likely N-dealkylation sites (N-methyl/N-ethyl adjacent to an activating group) is 1. The van der Waals surface area contributed by atoms with Crippen LogP contribution >= 0.6 is 0 Å². The monoisotopic (exact) mass is 279 g/mol. The third-order valence-corrected chi connectivity index (χ3v) is 3.38. The Morgan fingerprint density at radius 2 is 1.90 bits per heavy atom. The molecule has 0 aliphatic rings. The molecule has 20 heavy (non-hydrogen) atoms. The number of ether oxygens (including phenoxy) is 1. The number of aliphatic hydroxyl groups is 1. The van der Waals surface area contributed by atoms with Crippen LogP contribution in [0.2, 0.25) is 0 Å². The zero-order valence-electron chi connectivity index (χ0n) is 13.4. The maximum absolute atomic E-state index is 8.81. The van der Waals surface area contributed by atoms with Crippen molar-refractivity contribution in [2.24, 2.45) is 0 Å². The van der Waals surface area contributed by atoms with Crippen LogP contribution in [0.1, 0.15) is 39.2 Å². The summed E-state index contributed by atoms with van der Waals surface area (Å²) in [6, 6.07) is 8.37. The van der Waals surface area contributed by atoms with Crippen LogP contribution in [0.4, 0.5) is 0 Å². The Morgan fingerprint density at radius 1 is 1.15 bits per heavy atom. The molecule has 0 heterocycles. The van der Waals surface area contributed by atoms with Gasteiger partial charge in [0.2, 0.25) is 0 Å². The molecule has 0 fully saturated rings. The Kier molecular flexibility index (Phi) is 7.03. The second kappa shape index (κ2) is 8.28. The molecule has 0 aliphatic heterocycles. The Balaban J connectivity index is 2.29. The van der Waals surface area contributed by atoms with E-state index in [-0.39, 0.29) is 12.0 Å². The van der Waals surface area contributed by atoms with Gasteiger partial charge in [0.15, 0.2) is 0 Å². The standard InChI is InChI=1S/C17H29NO2/c1-17(2,3)15-8-7-9-16(14-15)20-13-6-5-10-18(4)11-12-19/h7-9,14,19H,5-6,10-13H2,1-4H3. The van der Waals surface area contributed by atoms with Crippen LogP contribution in [-0.2, 0) is 5.41 Å². The molecule has 114 valence electrons. The third-order valence-electron chi connectivity index (χ3n) is 3.38. The van der Waals surface area contributed by atoms with Gasteiger partial charge in [-0.15, -0.1) is 0 Å². The summed E-state index contributed by atoms with van der Waals surface area (Å²) in [4.78, 5) is 2.14. The molecule has 0 aromatic heterocycles. The molecule has 0 saturated carbocycles. The first-order valence-corrected chi connectivity index (χ1v) is 7.46. The molecule has 0 bridgehead atoms. The second-order valence-corrected chi connectivity index (χ2v) is 6.36. The highest BCUT2D eigenvalue weighted by atomic mass is 16.5. The highest BCUT2D eigenvalue weighted by Crippen LogP contribution is 2.25. The molecular formula is C17H29NO2. The number of unbranched alkanes of at least 4 members (excludes halogenated alkanes) is 1. The smallest absolute Gasteiger partial charge is 0.119 e. The molecular weight excluding hydrogens is 250 g/mol. The van der Waals surface area contributed by atoms with E-state index in [1.54, 1.807) is 0 Å². The Labute approximate surface area is 123 Å². The van der Waals surface area contributed by atoms with Gasteiger partial charge in [0.1, 0.15) is 5.75 Å². The van der Waals surface area contributed by atoms with Crippen LogP contribution in [0.25, 0.3) is 0 Å². The average Bonchev–Trinajstić information content (AvgIpc) is 2.38. The zero-order chi connectivity index (χ0) is 15.0. The first-order valence-electron chi connectivity index (χ1n) is 7.46. The number of hydrogen-bond donors (Lipinski definition) is 1. The molecule has 0 radical (unpaired) electrons. The normalized spacial score (nSPS) is 11.9. The lowest BCUT2D eigenvalue weighted by molar-refractivity contribution is 0.214. The maximum atomic E-state index is 8.81. The summed E-state index contributed by atoms with van der Waals surface area (Å²) in [5, 5.41) is 8.81. The van der Waals surface area contributed by atoms with E-state index < -0.39 is 0 Å². The van der Waals surface area contributed by atoms with Crippen molar-refractivity contribution in [1.29, 1.82) is 0 Å². The van der Waals surface area contributed by atoms with Crippen LogP contribution in [-0.4, -0.2) is 43.4 Å². The van der Waals surface area contributed by atoms with Crippen LogP contribution in [0, 0.1) is 0 Å². The first-order chi connectivity index (χ1) is 9.43. The maximum Gasteiger partial charge on any atom is 0.119 e. The highest BCUT2D eigenvalue weighted by Gasteiger charge is 2.13. The largest absolute Gasteiger partial charge is 0.494 e. The molecule has 0 saturated heterocycles. The van der Waals surface area contributed by atoms with E-state index >= 15 is 0 Å². The Hall–Kier alpha value is -1.06. The molecule has 1 aromatic carbocycles. The molecule has 0 amide bonds. The van der Waals surface area contributed by atoms with Crippen molar-refractivity contribution in [3.05, 3.63) is 29.8 Å². The summed E-state index contributed by atoms with van der Waals surface area (Å²) in [6.45, 7) is 9.36. The molecule has 1 rings (SSSR count). The summed E-state index contributed by atoms with van der Waals surface area (Å²) < 4.78 is 5.82. The molecule has 3 heteroatoms. The van der Waals surface area contributed by atoms with Gasteiger partial charge in [-0.05, 0) is 49.5 Å². The summed E-state index contributed by atoms with van der Waals surface area (Å²) in [5.41, 5.74) is 1.46. The molecule has 0 unspecified atom stereocenters. The van der Waals surface area contributed by atoms with E-state index in [0.29, 0.717) is 0 Å². The van der Waals surface area contributed by atoms with Crippen LogP contribution in [0.3, 0.4) is 0 Å². The van der Waals surface area contributed by atoms with Gasteiger partial charge in [-0.3, -0.25) is 0 Å². The number of nitrogens with zero attached hydrogens (tertiary/aromatic N) is 1. The minimum absolute atomic E-state index is 0.159. The SMILES string of the molecule is CN(CCO)CCCCOc1cccc(C(C)(C)C)c1. The lowest BCUT2D eigenvalue weighted by Crippen LogP contribution is -2.23. The fourth-order valence-electron chi connectivity index (χ4n) is 2.01. The summed E-state index contributed by atoms with van der Waals surface area (Å²) >= 11 is 0. The summed E-state index contributed by atoms with van der Waals surface area (Å²) in [5.74, 6) is 0.959. The lowest BCUT2D eigenvalue weighted by Gasteiger charge is -2.20. The van der Waals surface area contributed by atoms with Crippen molar-refractivity contribution in [2.75, 3.05) is 33.4 Å². The van der Waals surface area contributed by atoms with Gasteiger partial charge in [0.25, 0.3) is 0 Å². The van der Waals surface area contributed by atoms with E-state index in [1.165, 1.54) is 5.56 Å². The quantitative estimate of drug-likeness (QED) is 0.742. The summed E-state index contributed by atoms with van der Waals surface area (Å²) in [7, 11) is 2.03. The summed E-state index contributed by atoms with van der Waals surface area (Å²) in [6.07, 6.45) is 2.13. The van der Waals surface area contributed by atoms with Crippen molar-refractivity contribution < 1.29 is 9.84 Å². The molecule has 0 atom stereocenters. The predicted octanol–water partition coefficient (Wildman–Crippen LogP) is 3.07. The number of aliphatic hydroxyl groups excluding tert-OH is 1. The topological polar surface area (TPSA) is 32.7 Å².